The molecule has 3 heteroatoms. The van der Waals surface area contributed by atoms with Crippen molar-refractivity contribution in [2.24, 2.45) is 0 Å². The lowest BCUT2D eigenvalue weighted by molar-refractivity contribution is 0.536. The van der Waals surface area contributed by atoms with Crippen molar-refractivity contribution in [3.05, 3.63) is 70.2 Å². The van der Waals surface area contributed by atoms with Crippen LogP contribution in [-0.2, 0) is 11.8 Å². The number of benzene rings is 2. The summed E-state index contributed by atoms with van der Waals surface area (Å²) in [6, 6.07) is 18.6. The first-order chi connectivity index (χ1) is 9.20. The predicted molar refractivity (Wildman–Crippen MR) is 87.4 cm³/mol. The third kappa shape index (κ3) is 3.53. The second kappa shape index (κ2) is 6.78. The van der Waals surface area contributed by atoms with Gasteiger partial charge in [-0.25, -0.2) is 0 Å². The zero-order valence-electron chi connectivity index (χ0n) is 10.5. The van der Waals surface area contributed by atoms with Gasteiger partial charge in [0, 0.05) is 21.6 Å². The Morgan fingerprint density at radius 1 is 0.895 bits per heavy atom. The van der Waals surface area contributed by atoms with Crippen LogP contribution in [0.3, 0.4) is 0 Å². The van der Waals surface area contributed by atoms with Gasteiger partial charge < -0.3 is 0 Å². The molecule has 0 bridgehead atoms. The highest BCUT2D eigenvalue weighted by molar-refractivity contribution is 9.10. The van der Waals surface area contributed by atoms with Crippen LogP contribution in [0.4, 0.5) is 0 Å². The molecule has 0 radical (unpaired) electrons. The molecule has 0 saturated heterocycles. The Labute approximate surface area is 132 Å². The van der Waals surface area contributed by atoms with Crippen molar-refractivity contribution in [1.29, 1.82) is 0 Å². The number of halogens is 3. The van der Waals surface area contributed by atoms with Crippen molar-refractivity contribution < 1.29 is 0 Å². The van der Waals surface area contributed by atoms with Gasteiger partial charge in [0.05, 0.1) is 0 Å². The molecule has 0 heterocycles. The summed E-state index contributed by atoms with van der Waals surface area (Å²) in [6.45, 7) is 0. The summed E-state index contributed by atoms with van der Waals surface area (Å²) in [5, 5.41) is 0. The summed E-state index contributed by atoms with van der Waals surface area (Å²) in [5.74, 6) is 1.01. The maximum atomic E-state index is 6.25. The summed E-state index contributed by atoms with van der Waals surface area (Å²) < 4.78 is 1.08. The van der Waals surface area contributed by atoms with Crippen LogP contribution < -0.4 is 0 Å². The van der Waals surface area contributed by atoms with Gasteiger partial charge >= 0.3 is 0 Å². The van der Waals surface area contributed by atoms with Crippen LogP contribution in [0.2, 0.25) is 0 Å². The molecule has 0 atom stereocenters. The second-order valence-corrected chi connectivity index (χ2v) is 6.17. The molecule has 0 fully saturated rings. The SMILES string of the molecule is ClCC(CCl)(Cc1cccc(Br)c1)c1ccccc1. The fraction of sp³-hybridized carbons (Fsp3) is 0.250. The van der Waals surface area contributed by atoms with Gasteiger partial charge in [0.25, 0.3) is 0 Å². The Morgan fingerprint density at radius 3 is 2.16 bits per heavy atom. The highest BCUT2D eigenvalue weighted by atomic mass is 79.9. The molecule has 0 spiro atoms. The van der Waals surface area contributed by atoms with E-state index in [4.69, 9.17) is 23.2 Å². The summed E-state index contributed by atoms with van der Waals surface area (Å²) >= 11 is 16.0. The van der Waals surface area contributed by atoms with E-state index >= 15 is 0 Å². The Kier molecular flexibility index (Phi) is 5.32. The van der Waals surface area contributed by atoms with Gasteiger partial charge in [-0.15, -0.1) is 23.2 Å². The Bertz CT molecular complexity index is 521. The van der Waals surface area contributed by atoms with Crippen LogP contribution in [0, 0.1) is 0 Å². The zero-order chi connectivity index (χ0) is 13.7. The number of alkyl halides is 2. The fourth-order valence-electron chi connectivity index (χ4n) is 2.22. The molecule has 100 valence electrons. The van der Waals surface area contributed by atoms with E-state index < -0.39 is 0 Å². The number of hydrogen-bond acceptors (Lipinski definition) is 0. The third-order valence-corrected chi connectivity index (χ3v) is 4.85. The van der Waals surface area contributed by atoms with Crippen LogP contribution in [0.15, 0.2) is 59.1 Å². The first kappa shape index (κ1) is 14.9. The smallest absolute Gasteiger partial charge is 0.0335 e. The topological polar surface area (TPSA) is 0 Å². The van der Waals surface area contributed by atoms with Gasteiger partial charge in [0.2, 0.25) is 0 Å². The molecule has 0 aliphatic heterocycles. The Hall–Kier alpha value is -0.500. The monoisotopic (exact) mass is 356 g/mol. The average Bonchev–Trinajstić information content (AvgIpc) is 2.46. The molecule has 0 aliphatic rings. The van der Waals surface area contributed by atoms with E-state index in [1.165, 1.54) is 11.1 Å². The molecule has 0 nitrogen and oxygen atoms in total. The van der Waals surface area contributed by atoms with Crippen molar-refractivity contribution in [1.82, 2.24) is 0 Å². The molecule has 0 unspecified atom stereocenters. The van der Waals surface area contributed by atoms with Crippen molar-refractivity contribution in [2.75, 3.05) is 11.8 Å². The molecule has 0 saturated carbocycles. The Balaban J connectivity index is 2.35. The van der Waals surface area contributed by atoms with Crippen molar-refractivity contribution in [3.63, 3.8) is 0 Å². The average molecular weight is 358 g/mol. The molecule has 19 heavy (non-hydrogen) atoms. The third-order valence-electron chi connectivity index (χ3n) is 3.33. The standard InChI is InChI=1S/C16H15BrCl2/c17-15-8-4-5-13(9-15)10-16(11-18,12-19)14-6-2-1-3-7-14/h1-9H,10-12H2. The van der Waals surface area contributed by atoms with Crippen LogP contribution >= 0.6 is 39.1 Å². The second-order valence-electron chi connectivity index (χ2n) is 4.72. The van der Waals surface area contributed by atoms with E-state index in [9.17, 15) is 0 Å². The molecule has 0 aromatic heterocycles. The van der Waals surface area contributed by atoms with Gasteiger partial charge in [-0.2, -0.15) is 0 Å². The first-order valence-corrected chi connectivity index (χ1v) is 7.98. The molecule has 0 N–H and O–H groups in total. The zero-order valence-corrected chi connectivity index (χ0v) is 13.5. The number of rotatable bonds is 5. The lowest BCUT2D eigenvalue weighted by Crippen LogP contribution is -2.33. The van der Waals surface area contributed by atoms with Gasteiger partial charge in [0.15, 0.2) is 0 Å². The minimum atomic E-state index is -0.217. The predicted octanol–water partition coefficient (Wildman–Crippen LogP) is 5.41. The Morgan fingerprint density at radius 2 is 1.58 bits per heavy atom. The van der Waals surface area contributed by atoms with Crippen LogP contribution in [0.1, 0.15) is 11.1 Å². The highest BCUT2D eigenvalue weighted by Gasteiger charge is 2.30. The van der Waals surface area contributed by atoms with Crippen LogP contribution in [0.25, 0.3) is 0 Å². The van der Waals surface area contributed by atoms with E-state index in [1.807, 2.05) is 30.3 Å². The van der Waals surface area contributed by atoms with Gasteiger partial charge in [0.1, 0.15) is 0 Å². The lowest BCUT2D eigenvalue weighted by atomic mass is 9.79. The fourth-order valence-corrected chi connectivity index (χ4v) is 3.45. The van der Waals surface area contributed by atoms with E-state index in [-0.39, 0.29) is 5.41 Å². The normalized spacial score (nSPS) is 11.5. The molecule has 0 amide bonds. The molecular formula is C16H15BrCl2. The summed E-state index contributed by atoms with van der Waals surface area (Å²) in [7, 11) is 0. The van der Waals surface area contributed by atoms with Gasteiger partial charge in [-0.3, -0.25) is 0 Å². The molecule has 2 aromatic rings. The summed E-state index contributed by atoms with van der Waals surface area (Å²) in [4.78, 5) is 0. The largest absolute Gasteiger partial charge is 0.126 e. The quantitative estimate of drug-likeness (QED) is 0.628. The van der Waals surface area contributed by atoms with Crippen molar-refractivity contribution in [2.45, 2.75) is 11.8 Å². The lowest BCUT2D eigenvalue weighted by Gasteiger charge is -2.30. The van der Waals surface area contributed by atoms with E-state index in [2.05, 4.69) is 40.2 Å². The van der Waals surface area contributed by atoms with Crippen molar-refractivity contribution in [3.8, 4) is 0 Å². The minimum Gasteiger partial charge on any atom is -0.126 e. The van der Waals surface area contributed by atoms with Gasteiger partial charge in [-0.1, -0.05) is 58.4 Å². The maximum Gasteiger partial charge on any atom is 0.0335 e. The van der Waals surface area contributed by atoms with Crippen molar-refractivity contribution >= 4 is 39.1 Å². The van der Waals surface area contributed by atoms with Crippen LogP contribution in [-0.4, -0.2) is 11.8 Å². The molecule has 2 rings (SSSR count). The number of hydrogen-bond donors (Lipinski definition) is 0. The van der Waals surface area contributed by atoms with E-state index in [0.717, 1.165) is 10.9 Å². The van der Waals surface area contributed by atoms with Gasteiger partial charge in [-0.05, 0) is 29.7 Å². The van der Waals surface area contributed by atoms with Crippen LogP contribution in [0.5, 0.6) is 0 Å². The minimum absolute atomic E-state index is 0.217. The molecule has 2 aromatic carbocycles. The molecular weight excluding hydrogens is 343 g/mol. The van der Waals surface area contributed by atoms with E-state index in [1.54, 1.807) is 0 Å². The molecule has 0 aliphatic carbocycles. The summed E-state index contributed by atoms with van der Waals surface area (Å²) in [5.41, 5.74) is 2.21. The first-order valence-electron chi connectivity index (χ1n) is 6.12. The summed E-state index contributed by atoms with van der Waals surface area (Å²) in [6.07, 6.45) is 0.837. The maximum absolute atomic E-state index is 6.25. The van der Waals surface area contributed by atoms with E-state index in [0.29, 0.717) is 11.8 Å². The highest BCUT2D eigenvalue weighted by Crippen LogP contribution is 2.32.